The molecule has 0 spiro atoms. The van der Waals surface area contributed by atoms with Gasteiger partial charge in [-0.3, -0.25) is 9.48 Å². The van der Waals surface area contributed by atoms with E-state index < -0.39 is 0 Å². The van der Waals surface area contributed by atoms with Gasteiger partial charge in [0.2, 0.25) is 12.7 Å². The number of hydrogen-bond acceptors (Lipinski definition) is 5. The first kappa shape index (κ1) is 19.7. The predicted octanol–water partition coefficient (Wildman–Crippen LogP) is 4.49. The first-order chi connectivity index (χ1) is 15.7. The molecule has 0 aliphatic carbocycles. The van der Waals surface area contributed by atoms with E-state index in [2.05, 4.69) is 10.4 Å². The Morgan fingerprint density at radius 1 is 0.938 bits per heavy atom. The molecule has 1 N–H and O–H groups in total. The minimum atomic E-state index is -0.314. The number of anilines is 1. The summed E-state index contributed by atoms with van der Waals surface area (Å²) in [6.07, 6.45) is 1.70. The lowest BCUT2D eigenvalue weighted by Gasteiger charge is -2.07. The van der Waals surface area contributed by atoms with Crippen molar-refractivity contribution in [1.82, 2.24) is 9.78 Å². The molecule has 7 nitrogen and oxygen atoms in total. The summed E-state index contributed by atoms with van der Waals surface area (Å²) in [7, 11) is 0. The molecule has 3 aromatic carbocycles. The quantitative estimate of drug-likeness (QED) is 0.470. The van der Waals surface area contributed by atoms with Crippen LogP contribution in [-0.2, 0) is 13.2 Å². The van der Waals surface area contributed by atoms with Gasteiger partial charge >= 0.3 is 0 Å². The molecule has 5 rings (SSSR count). The molecule has 0 unspecified atom stereocenters. The van der Waals surface area contributed by atoms with Gasteiger partial charge in [-0.15, -0.1) is 5.10 Å². The number of ether oxygens (including phenoxy) is 3. The molecule has 1 amide bonds. The summed E-state index contributed by atoms with van der Waals surface area (Å²) >= 11 is 0. The van der Waals surface area contributed by atoms with E-state index in [0.717, 1.165) is 11.1 Å². The molecule has 0 saturated carbocycles. The second-order valence-corrected chi connectivity index (χ2v) is 7.33. The molecular formula is C25H21N3O4. The lowest BCUT2D eigenvalue weighted by Crippen LogP contribution is -2.12. The summed E-state index contributed by atoms with van der Waals surface area (Å²) in [5.74, 6) is 1.22. The van der Waals surface area contributed by atoms with Gasteiger partial charge in [-0.05, 0) is 23.3 Å². The van der Waals surface area contributed by atoms with E-state index in [1.54, 1.807) is 29.1 Å². The van der Waals surface area contributed by atoms with Gasteiger partial charge in [0.1, 0.15) is 12.2 Å². The maximum atomic E-state index is 13.1. The maximum Gasteiger partial charge on any atom is 0.262 e. The van der Waals surface area contributed by atoms with E-state index in [4.69, 9.17) is 14.2 Å². The van der Waals surface area contributed by atoms with E-state index in [1.165, 1.54) is 0 Å². The molecule has 0 radical (unpaired) electrons. The largest absolute Gasteiger partial charge is 0.471 e. The van der Waals surface area contributed by atoms with E-state index >= 15 is 0 Å². The third-order valence-corrected chi connectivity index (χ3v) is 5.01. The molecule has 4 aromatic rings. The second kappa shape index (κ2) is 8.85. The van der Waals surface area contributed by atoms with Crippen molar-refractivity contribution in [3.63, 3.8) is 0 Å². The average molecular weight is 427 g/mol. The van der Waals surface area contributed by atoms with Crippen molar-refractivity contribution < 1.29 is 19.0 Å². The Balaban J connectivity index is 1.38. The van der Waals surface area contributed by atoms with Crippen LogP contribution in [0.25, 0.3) is 0 Å². The first-order valence-electron chi connectivity index (χ1n) is 10.2. The number of rotatable bonds is 7. The van der Waals surface area contributed by atoms with Gasteiger partial charge in [0.15, 0.2) is 11.5 Å². The second-order valence-electron chi connectivity index (χ2n) is 7.33. The van der Waals surface area contributed by atoms with E-state index in [9.17, 15) is 4.79 Å². The summed E-state index contributed by atoms with van der Waals surface area (Å²) in [5, 5.41) is 7.43. The topological polar surface area (TPSA) is 74.6 Å². The Labute approximate surface area is 185 Å². The number of carbonyl (C=O) groups is 1. The number of nitrogens with zero attached hydrogens (tertiary/aromatic N) is 2. The fourth-order valence-corrected chi connectivity index (χ4v) is 3.42. The number of carbonyl (C=O) groups excluding carboxylic acids is 1. The van der Waals surface area contributed by atoms with Gasteiger partial charge in [-0.1, -0.05) is 60.7 Å². The Morgan fingerprint density at radius 2 is 1.66 bits per heavy atom. The smallest absolute Gasteiger partial charge is 0.262 e. The average Bonchev–Trinajstić information content (AvgIpc) is 3.45. The fraction of sp³-hybridized carbons (Fsp3) is 0.120. The first-order valence-corrected chi connectivity index (χ1v) is 10.2. The van der Waals surface area contributed by atoms with Crippen LogP contribution >= 0.6 is 0 Å². The maximum absolute atomic E-state index is 13.1. The van der Waals surface area contributed by atoms with E-state index in [0.29, 0.717) is 35.9 Å². The molecule has 0 atom stereocenters. The summed E-state index contributed by atoms with van der Waals surface area (Å²) in [6, 6.07) is 25.0. The molecule has 7 heteroatoms. The molecule has 1 aliphatic heterocycles. The molecule has 0 fully saturated rings. The minimum Gasteiger partial charge on any atom is -0.471 e. The van der Waals surface area contributed by atoms with Crippen molar-refractivity contribution >= 4 is 11.6 Å². The zero-order valence-electron chi connectivity index (χ0n) is 17.2. The molecule has 160 valence electrons. The van der Waals surface area contributed by atoms with Gasteiger partial charge in [0, 0.05) is 18.0 Å². The van der Waals surface area contributed by atoms with Gasteiger partial charge in [0.25, 0.3) is 5.91 Å². The van der Waals surface area contributed by atoms with Crippen molar-refractivity contribution in [3.8, 4) is 17.4 Å². The Kier molecular flexibility index (Phi) is 5.45. The van der Waals surface area contributed by atoms with Crippen LogP contribution < -0.4 is 19.5 Å². The molecule has 2 heterocycles. The van der Waals surface area contributed by atoms with Crippen LogP contribution in [0.4, 0.5) is 5.69 Å². The van der Waals surface area contributed by atoms with E-state index in [1.807, 2.05) is 60.7 Å². The summed E-state index contributed by atoms with van der Waals surface area (Å²) < 4.78 is 18.4. The van der Waals surface area contributed by atoms with Crippen LogP contribution in [0, 0.1) is 0 Å². The van der Waals surface area contributed by atoms with Crippen molar-refractivity contribution in [2.24, 2.45) is 0 Å². The lowest BCUT2D eigenvalue weighted by molar-refractivity contribution is 0.102. The normalized spacial score (nSPS) is 11.9. The molecule has 1 aliphatic rings. The summed E-state index contributed by atoms with van der Waals surface area (Å²) in [5.41, 5.74) is 3.03. The number of amides is 1. The van der Waals surface area contributed by atoms with Gasteiger partial charge in [-0.25, -0.2) is 0 Å². The molecular weight excluding hydrogens is 406 g/mol. The van der Waals surface area contributed by atoms with Crippen LogP contribution in [0.3, 0.4) is 0 Å². The van der Waals surface area contributed by atoms with Crippen LogP contribution in [0.15, 0.2) is 85.1 Å². The highest BCUT2D eigenvalue weighted by Crippen LogP contribution is 2.34. The Hall–Kier alpha value is -4.26. The number of fused-ring (bicyclic) bond motifs is 1. The molecule has 0 saturated heterocycles. The fourth-order valence-electron chi connectivity index (χ4n) is 3.42. The Bertz CT molecular complexity index is 1220. The standard InChI is InChI=1S/C25H21N3O4/c29-24(26-20-11-12-22-23(13-20)32-17-31-22)21-15-28(14-18-7-3-1-4-8-18)27-25(21)30-16-19-9-5-2-6-10-19/h1-13,15H,14,16-17H2,(H,26,29). The summed E-state index contributed by atoms with van der Waals surface area (Å²) in [4.78, 5) is 13.1. The van der Waals surface area contributed by atoms with Crippen LogP contribution in [-0.4, -0.2) is 22.5 Å². The minimum absolute atomic E-state index is 0.177. The Morgan fingerprint density at radius 3 is 2.44 bits per heavy atom. The number of benzene rings is 3. The third kappa shape index (κ3) is 4.41. The van der Waals surface area contributed by atoms with Gasteiger partial charge in [0.05, 0.1) is 6.54 Å². The highest BCUT2D eigenvalue weighted by molar-refractivity contribution is 6.05. The molecule has 32 heavy (non-hydrogen) atoms. The number of hydrogen-bond donors (Lipinski definition) is 1. The number of aromatic nitrogens is 2. The van der Waals surface area contributed by atoms with E-state index in [-0.39, 0.29) is 18.6 Å². The third-order valence-electron chi connectivity index (χ3n) is 5.01. The van der Waals surface area contributed by atoms with Crippen LogP contribution in [0.5, 0.6) is 17.4 Å². The van der Waals surface area contributed by atoms with Crippen molar-refractivity contribution in [2.75, 3.05) is 12.1 Å². The van der Waals surface area contributed by atoms with Crippen molar-refractivity contribution in [3.05, 3.63) is 102 Å². The zero-order valence-corrected chi connectivity index (χ0v) is 17.2. The zero-order chi connectivity index (χ0) is 21.8. The van der Waals surface area contributed by atoms with Crippen molar-refractivity contribution in [2.45, 2.75) is 13.2 Å². The summed E-state index contributed by atoms with van der Waals surface area (Å²) in [6.45, 7) is 1.02. The SMILES string of the molecule is O=C(Nc1ccc2c(c1)OCO2)c1cn(Cc2ccccc2)nc1OCc1ccccc1. The molecule has 0 bridgehead atoms. The van der Waals surface area contributed by atoms with Crippen LogP contribution in [0.1, 0.15) is 21.5 Å². The van der Waals surface area contributed by atoms with Crippen molar-refractivity contribution in [1.29, 1.82) is 0 Å². The van der Waals surface area contributed by atoms with Gasteiger partial charge < -0.3 is 19.5 Å². The van der Waals surface area contributed by atoms with Gasteiger partial charge in [-0.2, -0.15) is 0 Å². The van der Waals surface area contributed by atoms with Crippen LogP contribution in [0.2, 0.25) is 0 Å². The monoisotopic (exact) mass is 427 g/mol. The molecule has 1 aromatic heterocycles. The highest BCUT2D eigenvalue weighted by Gasteiger charge is 2.20. The lowest BCUT2D eigenvalue weighted by atomic mass is 10.2. The number of nitrogens with one attached hydrogen (secondary N) is 1. The highest BCUT2D eigenvalue weighted by atomic mass is 16.7. The predicted molar refractivity (Wildman–Crippen MR) is 119 cm³/mol.